The summed E-state index contributed by atoms with van der Waals surface area (Å²) in [5, 5.41) is 0. The molecule has 3 aliphatic rings. The van der Waals surface area contributed by atoms with Crippen LogP contribution in [0, 0.1) is 5.92 Å². The van der Waals surface area contributed by atoms with Gasteiger partial charge in [-0.1, -0.05) is 6.42 Å². The van der Waals surface area contributed by atoms with E-state index in [0.717, 1.165) is 56.5 Å². The van der Waals surface area contributed by atoms with Crippen LogP contribution < -0.4 is 0 Å². The van der Waals surface area contributed by atoms with Crippen molar-refractivity contribution in [2.24, 2.45) is 5.92 Å². The molecule has 0 aromatic carbocycles. The Hall–Kier alpha value is -1.95. The summed E-state index contributed by atoms with van der Waals surface area (Å²) in [5.41, 5.74) is 4.60. The van der Waals surface area contributed by atoms with Crippen LogP contribution in [0.2, 0.25) is 0 Å². The van der Waals surface area contributed by atoms with E-state index in [0.29, 0.717) is 17.7 Å². The second-order valence-electron chi connectivity index (χ2n) is 8.48. The van der Waals surface area contributed by atoms with Gasteiger partial charge in [-0.25, -0.2) is 4.98 Å². The lowest BCUT2D eigenvalue weighted by Gasteiger charge is -2.36. The van der Waals surface area contributed by atoms with Crippen LogP contribution in [0.5, 0.6) is 0 Å². The molecule has 2 saturated heterocycles. The molecule has 0 atom stereocenters. The van der Waals surface area contributed by atoms with Crippen molar-refractivity contribution in [3.8, 4) is 0 Å². The Morgan fingerprint density at radius 2 is 1.74 bits per heavy atom. The molecule has 6 nitrogen and oxygen atoms in total. The van der Waals surface area contributed by atoms with E-state index in [1.807, 2.05) is 0 Å². The summed E-state index contributed by atoms with van der Waals surface area (Å²) < 4.78 is 0. The van der Waals surface area contributed by atoms with Crippen LogP contribution in [0.4, 0.5) is 0 Å². The van der Waals surface area contributed by atoms with Gasteiger partial charge in [0.15, 0.2) is 5.65 Å². The topological polar surface area (TPSA) is 65.1 Å². The minimum absolute atomic E-state index is 0.314. The molecule has 2 aromatic heterocycles. The van der Waals surface area contributed by atoms with Gasteiger partial charge in [0.1, 0.15) is 5.52 Å². The second-order valence-corrected chi connectivity index (χ2v) is 8.48. The third-order valence-corrected chi connectivity index (χ3v) is 6.81. The zero-order valence-corrected chi connectivity index (χ0v) is 16.0. The van der Waals surface area contributed by atoms with E-state index in [1.54, 1.807) is 12.4 Å². The van der Waals surface area contributed by atoms with Crippen molar-refractivity contribution in [2.75, 3.05) is 26.2 Å². The second kappa shape index (κ2) is 7.23. The molecule has 0 unspecified atom stereocenters. The Bertz CT molecular complexity index is 813. The molecule has 0 spiro atoms. The maximum atomic E-state index is 12.6. The highest BCUT2D eigenvalue weighted by Crippen LogP contribution is 2.35. The SMILES string of the molecule is O=C(C1CCC1)N1CCC(c2[nH]c3nccnc3c2CN2CCCC2)CC1. The third-order valence-electron chi connectivity index (χ3n) is 6.81. The van der Waals surface area contributed by atoms with Gasteiger partial charge in [0, 0.05) is 55.1 Å². The lowest BCUT2D eigenvalue weighted by atomic mass is 9.83. The summed E-state index contributed by atoms with van der Waals surface area (Å²) in [4.78, 5) is 29.9. The monoisotopic (exact) mass is 367 g/mol. The van der Waals surface area contributed by atoms with E-state index in [-0.39, 0.29) is 0 Å². The molecule has 3 fully saturated rings. The normalized spacial score (nSPS) is 22.4. The molecule has 1 N–H and O–H groups in total. The molecular weight excluding hydrogens is 338 g/mol. The van der Waals surface area contributed by atoms with Gasteiger partial charge in [-0.15, -0.1) is 0 Å². The van der Waals surface area contributed by atoms with E-state index >= 15 is 0 Å². The number of hydrogen-bond acceptors (Lipinski definition) is 4. The van der Waals surface area contributed by atoms with Crippen molar-refractivity contribution in [3.05, 3.63) is 23.7 Å². The Morgan fingerprint density at radius 1 is 1.00 bits per heavy atom. The molecule has 2 aliphatic heterocycles. The predicted octanol–water partition coefficient (Wildman–Crippen LogP) is 3.06. The zero-order valence-electron chi connectivity index (χ0n) is 16.0. The number of hydrogen-bond donors (Lipinski definition) is 1. The smallest absolute Gasteiger partial charge is 0.225 e. The molecule has 6 heteroatoms. The number of nitrogens with one attached hydrogen (secondary N) is 1. The number of carbonyl (C=O) groups is 1. The fraction of sp³-hybridized carbons (Fsp3) is 0.667. The van der Waals surface area contributed by atoms with E-state index in [2.05, 4.69) is 24.8 Å². The first kappa shape index (κ1) is 17.2. The van der Waals surface area contributed by atoms with Crippen LogP contribution in [0.25, 0.3) is 11.2 Å². The first-order chi connectivity index (χ1) is 13.3. The average Bonchev–Trinajstić information content (AvgIpc) is 3.29. The molecule has 27 heavy (non-hydrogen) atoms. The number of aromatic amines is 1. The van der Waals surface area contributed by atoms with Crippen LogP contribution >= 0.6 is 0 Å². The first-order valence-electron chi connectivity index (χ1n) is 10.6. The van der Waals surface area contributed by atoms with Crippen molar-refractivity contribution in [1.82, 2.24) is 24.8 Å². The molecule has 1 aliphatic carbocycles. The minimum Gasteiger partial charge on any atom is -0.342 e. The molecule has 2 aromatic rings. The summed E-state index contributed by atoms with van der Waals surface area (Å²) in [6.45, 7) is 5.11. The van der Waals surface area contributed by atoms with Gasteiger partial charge in [-0.05, 0) is 51.6 Å². The predicted molar refractivity (Wildman–Crippen MR) is 104 cm³/mol. The van der Waals surface area contributed by atoms with Gasteiger partial charge in [0.05, 0.1) is 0 Å². The Morgan fingerprint density at radius 3 is 2.44 bits per heavy atom. The summed E-state index contributed by atoms with van der Waals surface area (Å²) in [6.07, 6.45) is 11.7. The van der Waals surface area contributed by atoms with Crippen molar-refractivity contribution < 1.29 is 4.79 Å². The molecule has 5 rings (SSSR count). The van der Waals surface area contributed by atoms with Crippen LogP contribution in [-0.4, -0.2) is 56.8 Å². The number of H-pyrrole nitrogens is 1. The average molecular weight is 367 g/mol. The zero-order chi connectivity index (χ0) is 18.2. The molecular formula is C21H29N5O. The van der Waals surface area contributed by atoms with Crippen LogP contribution in [-0.2, 0) is 11.3 Å². The van der Waals surface area contributed by atoms with Gasteiger partial charge < -0.3 is 9.88 Å². The lowest BCUT2D eigenvalue weighted by molar-refractivity contribution is -0.139. The highest BCUT2D eigenvalue weighted by Gasteiger charge is 2.33. The van der Waals surface area contributed by atoms with Crippen molar-refractivity contribution in [1.29, 1.82) is 0 Å². The molecule has 0 radical (unpaired) electrons. The summed E-state index contributed by atoms with van der Waals surface area (Å²) >= 11 is 0. The van der Waals surface area contributed by atoms with Crippen LogP contribution in [0.1, 0.15) is 62.1 Å². The maximum absolute atomic E-state index is 12.6. The molecule has 1 saturated carbocycles. The lowest BCUT2D eigenvalue weighted by Crippen LogP contribution is -2.43. The quantitative estimate of drug-likeness (QED) is 0.902. The Kier molecular flexibility index (Phi) is 4.60. The number of amides is 1. The summed E-state index contributed by atoms with van der Waals surface area (Å²) in [5.74, 6) is 1.19. The summed E-state index contributed by atoms with van der Waals surface area (Å²) in [6, 6.07) is 0. The highest BCUT2D eigenvalue weighted by molar-refractivity contribution is 5.80. The standard InChI is InChI=1S/C21H29N5O/c27-21(16-4-3-5-16)26-12-6-15(7-13-26)18-17(14-25-10-1-2-11-25)19-20(24-18)23-9-8-22-19/h8-9,15-16H,1-7,10-14H2,(H,23,24). The Balaban J connectivity index is 1.35. The van der Waals surface area contributed by atoms with E-state index in [1.165, 1.54) is 43.6 Å². The fourth-order valence-electron chi connectivity index (χ4n) is 4.96. The van der Waals surface area contributed by atoms with Gasteiger partial charge in [0.2, 0.25) is 5.91 Å². The molecule has 144 valence electrons. The van der Waals surface area contributed by atoms with Crippen LogP contribution in [0.3, 0.4) is 0 Å². The number of fused-ring (bicyclic) bond motifs is 1. The van der Waals surface area contributed by atoms with E-state index in [9.17, 15) is 4.79 Å². The molecule has 4 heterocycles. The fourth-order valence-corrected chi connectivity index (χ4v) is 4.96. The largest absolute Gasteiger partial charge is 0.342 e. The van der Waals surface area contributed by atoms with Gasteiger partial charge in [0.25, 0.3) is 0 Å². The van der Waals surface area contributed by atoms with Crippen molar-refractivity contribution in [2.45, 2.75) is 57.4 Å². The first-order valence-corrected chi connectivity index (χ1v) is 10.6. The summed E-state index contributed by atoms with van der Waals surface area (Å²) in [7, 11) is 0. The molecule has 1 amide bonds. The maximum Gasteiger partial charge on any atom is 0.225 e. The number of piperidine rings is 1. The van der Waals surface area contributed by atoms with Gasteiger partial charge in [-0.2, -0.15) is 0 Å². The van der Waals surface area contributed by atoms with E-state index < -0.39 is 0 Å². The number of nitrogens with zero attached hydrogens (tertiary/aromatic N) is 4. The van der Waals surface area contributed by atoms with Gasteiger partial charge in [-0.3, -0.25) is 14.7 Å². The third kappa shape index (κ3) is 3.24. The number of rotatable bonds is 4. The number of carbonyl (C=O) groups excluding carboxylic acids is 1. The highest BCUT2D eigenvalue weighted by atomic mass is 16.2. The van der Waals surface area contributed by atoms with Gasteiger partial charge >= 0.3 is 0 Å². The number of likely N-dealkylation sites (tertiary alicyclic amines) is 2. The number of aromatic nitrogens is 3. The van der Waals surface area contributed by atoms with E-state index in [4.69, 9.17) is 0 Å². The Labute approximate surface area is 160 Å². The van der Waals surface area contributed by atoms with Crippen LogP contribution in [0.15, 0.2) is 12.4 Å². The van der Waals surface area contributed by atoms with Crippen molar-refractivity contribution in [3.63, 3.8) is 0 Å². The van der Waals surface area contributed by atoms with Crippen molar-refractivity contribution >= 4 is 17.1 Å². The molecule has 0 bridgehead atoms. The minimum atomic E-state index is 0.314.